The number of rotatable bonds is 2. The van der Waals surface area contributed by atoms with Gasteiger partial charge in [0.2, 0.25) is 0 Å². The minimum Gasteiger partial charge on any atom is -0.508 e. The molecule has 2 rings (SSSR count). The smallest absolute Gasteiger partial charge is 0.284 e. The van der Waals surface area contributed by atoms with Crippen LogP contribution in [0.15, 0.2) is 23.1 Å². The number of carbonyl (C=O) groups is 1. The fourth-order valence-corrected chi connectivity index (χ4v) is 2.91. The van der Waals surface area contributed by atoms with Gasteiger partial charge >= 0.3 is 0 Å². The van der Waals surface area contributed by atoms with Crippen molar-refractivity contribution in [2.75, 3.05) is 0 Å². The molecule has 18 heavy (non-hydrogen) atoms. The third-order valence-electron chi connectivity index (χ3n) is 3.07. The lowest BCUT2D eigenvalue weighted by molar-refractivity contribution is 0.253. The SMILES string of the molecule is O=C(NC1CCCCC1)Sc1cc(O)ccc1O. The van der Waals surface area contributed by atoms with E-state index in [9.17, 15) is 15.0 Å². The fraction of sp³-hybridized carbons (Fsp3) is 0.462. The van der Waals surface area contributed by atoms with Crippen molar-refractivity contribution in [3.05, 3.63) is 18.2 Å². The summed E-state index contributed by atoms with van der Waals surface area (Å²) in [5.41, 5.74) is 0. The van der Waals surface area contributed by atoms with E-state index in [-0.39, 0.29) is 22.8 Å². The lowest BCUT2D eigenvalue weighted by atomic mass is 9.96. The number of thioether (sulfide) groups is 1. The van der Waals surface area contributed by atoms with Gasteiger partial charge in [0.15, 0.2) is 0 Å². The number of aromatic hydroxyl groups is 2. The molecule has 0 radical (unpaired) electrons. The summed E-state index contributed by atoms with van der Waals surface area (Å²) in [6.45, 7) is 0. The summed E-state index contributed by atoms with van der Waals surface area (Å²) < 4.78 is 0. The number of phenolic OH excluding ortho intramolecular Hbond substituents is 2. The number of nitrogens with one attached hydrogen (secondary N) is 1. The van der Waals surface area contributed by atoms with Gasteiger partial charge < -0.3 is 15.5 Å². The van der Waals surface area contributed by atoms with Crippen LogP contribution in [0.4, 0.5) is 4.79 Å². The van der Waals surface area contributed by atoms with Gasteiger partial charge in [-0.15, -0.1) is 0 Å². The van der Waals surface area contributed by atoms with Crippen LogP contribution in [0.1, 0.15) is 32.1 Å². The van der Waals surface area contributed by atoms with E-state index in [2.05, 4.69) is 5.32 Å². The molecule has 4 nitrogen and oxygen atoms in total. The van der Waals surface area contributed by atoms with Crippen LogP contribution in [0.2, 0.25) is 0 Å². The van der Waals surface area contributed by atoms with E-state index < -0.39 is 0 Å². The molecule has 0 atom stereocenters. The molecule has 0 saturated heterocycles. The normalized spacial score (nSPS) is 16.4. The van der Waals surface area contributed by atoms with Gasteiger partial charge in [0.05, 0.1) is 4.90 Å². The van der Waals surface area contributed by atoms with Gasteiger partial charge in [-0.2, -0.15) is 0 Å². The van der Waals surface area contributed by atoms with Crippen LogP contribution >= 0.6 is 11.8 Å². The summed E-state index contributed by atoms with van der Waals surface area (Å²) in [5.74, 6) is 0.0531. The summed E-state index contributed by atoms with van der Waals surface area (Å²) in [4.78, 5) is 12.2. The molecule has 0 unspecified atom stereocenters. The summed E-state index contributed by atoms with van der Waals surface area (Å²) >= 11 is 0.918. The molecule has 0 bridgehead atoms. The van der Waals surface area contributed by atoms with Crippen LogP contribution < -0.4 is 5.32 Å². The standard InChI is InChI=1S/C13H17NO3S/c15-10-6-7-11(16)12(8-10)18-13(17)14-9-4-2-1-3-5-9/h6-9,15-16H,1-5H2,(H,14,17). The first-order chi connectivity index (χ1) is 8.65. The second kappa shape index (κ2) is 6.00. The molecule has 1 aliphatic carbocycles. The van der Waals surface area contributed by atoms with Crippen molar-refractivity contribution in [1.29, 1.82) is 0 Å². The predicted molar refractivity (Wildman–Crippen MR) is 71.0 cm³/mol. The van der Waals surface area contributed by atoms with Gasteiger partial charge in [0.25, 0.3) is 5.24 Å². The van der Waals surface area contributed by atoms with Crippen molar-refractivity contribution in [3.63, 3.8) is 0 Å². The second-order valence-electron chi connectivity index (χ2n) is 4.52. The van der Waals surface area contributed by atoms with E-state index in [4.69, 9.17) is 0 Å². The molecule has 0 aliphatic heterocycles. The van der Waals surface area contributed by atoms with Gasteiger partial charge in [-0.3, -0.25) is 4.79 Å². The van der Waals surface area contributed by atoms with E-state index in [0.717, 1.165) is 37.4 Å². The van der Waals surface area contributed by atoms with Crippen molar-refractivity contribution >= 4 is 17.0 Å². The number of benzene rings is 1. The van der Waals surface area contributed by atoms with Crippen molar-refractivity contribution in [2.24, 2.45) is 0 Å². The molecule has 1 fully saturated rings. The van der Waals surface area contributed by atoms with Crippen LogP contribution in [-0.2, 0) is 0 Å². The van der Waals surface area contributed by atoms with E-state index in [1.54, 1.807) is 0 Å². The van der Waals surface area contributed by atoms with Gasteiger partial charge in [0.1, 0.15) is 11.5 Å². The maximum atomic E-state index is 11.8. The van der Waals surface area contributed by atoms with E-state index in [0.29, 0.717) is 4.90 Å². The minimum atomic E-state index is -0.178. The summed E-state index contributed by atoms with van der Waals surface area (Å²) in [7, 11) is 0. The third kappa shape index (κ3) is 3.57. The lowest BCUT2D eigenvalue weighted by Gasteiger charge is -2.22. The number of amides is 1. The maximum absolute atomic E-state index is 11.8. The van der Waals surface area contributed by atoms with Crippen LogP contribution in [0.25, 0.3) is 0 Å². The molecule has 0 heterocycles. The van der Waals surface area contributed by atoms with Gasteiger partial charge in [-0.1, -0.05) is 19.3 Å². The minimum absolute atomic E-state index is 0.0107. The molecule has 1 aromatic carbocycles. The molecule has 1 aromatic rings. The zero-order valence-corrected chi connectivity index (χ0v) is 10.9. The Morgan fingerprint density at radius 2 is 1.94 bits per heavy atom. The highest BCUT2D eigenvalue weighted by Crippen LogP contribution is 2.32. The number of carbonyl (C=O) groups excluding carboxylic acids is 1. The maximum Gasteiger partial charge on any atom is 0.284 e. The molecule has 1 aliphatic rings. The largest absolute Gasteiger partial charge is 0.508 e. The Morgan fingerprint density at radius 1 is 1.22 bits per heavy atom. The quantitative estimate of drug-likeness (QED) is 0.568. The molecule has 3 N–H and O–H groups in total. The van der Waals surface area contributed by atoms with Gasteiger partial charge in [-0.25, -0.2) is 0 Å². The zero-order valence-electron chi connectivity index (χ0n) is 10.1. The first-order valence-electron chi connectivity index (χ1n) is 6.15. The highest BCUT2D eigenvalue weighted by Gasteiger charge is 2.17. The fourth-order valence-electron chi connectivity index (χ4n) is 2.13. The predicted octanol–water partition coefficient (Wildman–Crippen LogP) is 3.23. The molecule has 98 valence electrons. The Bertz CT molecular complexity index is 430. The Hall–Kier alpha value is -1.36. The third-order valence-corrected chi connectivity index (χ3v) is 3.92. The van der Waals surface area contributed by atoms with Crippen molar-refractivity contribution in [1.82, 2.24) is 5.32 Å². The van der Waals surface area contributed by atoms with E-state index in [1.807, 2.05) is 0 Å². The Labute approximate surface area is 110 Å². The molecule has 0 spiro atoms. The molecule has 5 heteroatoms. The lowest BCUT2D eigenvalue weighted by Crippen LogP contribution is -2.33. The Morgan fingerprint density at radius 3 is 2.67 bits per heavy atom. The highest BCUT2D eigenvalue weighted by atomic mass is 32.2. The van der Waals surface area contributed by atoms with Crippen LogP contribution in [0.5, 0.6) is 11.5 Å². The first-order valence-corrected chi connectivity index (χ1v) is 6.97. The number of phenols is 2. The highest BCUT2D eigenvalue weighted by molar-refractivity contribution is 8.13. The first kappa shape index (κ1) is 13.1. The summed E-state index contributed by atoms with van der Waals surface area (Å²) in [5, 5.41) is 21.7. The number of hydrogen-bond acceptors (Lipinski definition) is 4. The Balaban J connectivity index is 1.92. The molecule has 0 aromatic heterocycles. The van der Waals surface area contributed by atoms with Crippen molar-refractivity contribution in [3.8, 4) is 11.5 Å². The summed E-state index contributed by atoms with van der Waals surface area (Å²) in [6.07, 6.45) is 5.61. The second-order valence-corrected chi connectivity index (χ2v) is 5.54. The average molecular weight is 267 g/mol. The molecular formula is C13H17NO3S. The zero-order chi connectivity index (χ0) is 13.0. The van der Waals surface area contributed by atoms with Crippen molar-refractivity contribution < 1.29 is 15.0 Å². The van der Waals surface area contributed by atoms with Crippen LogP contribution in [0, 0.1) is 0 Å². The molecular weight excluding hydrogens is 250 g/mol. The van der Waals surface area contributed by atoms with Crippen LogP contribution in [-0.4, -0.2) is 21.5 Å². The molecule has 1 saturated carbocycles. The van der Waals surface area contributed by atoms with Gasteiger partial charge in [-0.05, 0) is 42.8 Å². The van der Waals surface area contributed by atoms with Crippen molar-refractivity contribution in [2.45, 2.75) is 43.0 Å². The van der Waals surface area contributed by atoms with E-state index >= 15 is 0 Å². The van der Waals surface area contributed by atoms with Crippen LogP contribution in [0.3, 0.4) is 0 Å². The Kier molecular flexibility index (Phi) is 4.36. The van der Waals surface area contributed by atoms with E-state index in [1.165, 1.54) is 24.6 Å². The van der Waals surface area contributed by atoms with Gasteiger partial charge in [0, 0.05) is 6.04 Å². The monoisotopic (exact) mass is 267 g/mol. The number of hydrogen-bond donors (Lipinski definition) is 3. The summed E-state index contributed by atoms with van der Waals surface area (Å²) in [6, 6.07) is 4.41. The average Bonchev–Trinajstić information content (AvgIpc) is 2.35. The topological polar surface area (TPSA) is 69.6 Å². The molecule has 1 amide bonds.